The Kier molecular flexibility index (Phi) is 2.59. The van der Waals surface area contributed by atoms with Crippen molar-refractivity contribution in [3.05, 3.63) is 47.4 Å². The molecule has 0 bridgehead atoms. The summed E-state index contributed by atoms with van der Waals surface area (Å²) >= 11 is 0. The summed E-state index contributed by atoms with van der Waals surface area (Å²) in [7, 11) is 0. The highest BCUT2D eigenvalue weighted by Crippen LogP contribution is 2.18. The lowest BCUT2D eigenvalue weighted by Crippen LogP contribution is -2.14. The fourth-order valence-electron chi connectivity index (χ4n) is 2.09. The molecular formula is C14H13N3O2. The molecule has 0 radical (unpaired) electrons. The highest BCUT2D eigenvalue weighted by atomic mass is 16.3. The van der Waals surface area contributed by atoms with Crippen LogP contribution in [-0.2, 0) is 0 Å². The second-order valence-electron chi connectivity index (χ2n) is 4.41. The summed E-state index contributed by atoms with van der Waals surface area (Å²) < 4.78 is 5.22. The molecule has 0 unspecified atom stereocenters. The van der Waals surface area contributed by atoms with Gasteiger partial charge in [0.1, 0.15) is 5.76 Å². The normalized spacial score (nSPS) is 10.8. The second-order valence-corrected chi connectivity index (χ2v) is 4.41. The quantitative estimate of drug-likeness (QED) is 0.739. The van der Waals surface area contributed by atoms with Gasteiger partial charge in [-0.15, -0.1) is 0 Å². The van der Waals surface area contributed by atoms with Crippen molar-refractivity contribution in [1.29, 1.82) is 0 Å². The predicted molar refractivity (Wildman–Crippen MR) is 72.2 cm³/mol. The number of aryl methyl sites for hydroxylation is 2. The fraction of sp³-hybridized carbons (Fsp3) is 0.143. The van der Waals surface area contributed by atoms with Gasteiger partial charge < -0.3 is 9.40 Å². The number of aromatic amines is 1. The smallest absolute Gasteiger partial charge is 0.261 e. The zero-order valence-corrected chi connectivity index (χ0v) is 10.7. The molecule has 0 aliphatic carbocycles. The Labute approximate surface area is 109 Å². The van der Waals surface area contributed by atoms with Gasteiger partial charge in [0.15, 0.2) is 0 Å². The number of rotatable bonds is 2. The zero-order valence-electron chi connectivity index (χ0n) is 10.7. The van der Waals surface area contributed by atoms with Gasteiger partial charge in [-0.1, -0.05) is 12.1 Å². The molecule has 0 spiro atoms. The maximum Gasteiger partial charge on any atom is 0.261 e. The van der Waals surface area contributed by atoms with Crippen LogP contribution < -0.4 is 5.32 Å². The number of aromatic nitrogens is 2. The van der Waals surface area contributed by atoms with E-state index in [1.807, 2.05) is 31.2 Å². The number of hydrogen-bond acceptors (Lipinski definition) is 3. The minimum absolute atomic E-state index is 0.220. The van der Waals surface area contributed by atoms with E-state index in [1.54, 1.807) is 13.2 Å². The molecule has 0 saturated carbocycles. The van der Waals surface area contributed by atoms with Crippen molar-refractivity contribution >= 4 is 22.9 Å². The summed E-state index contributed by atoms with van der Waals surface area (Å²) in [5, 5.41) is 2.75. The molecule has 3 rings (SSSR count). The Bertz CT molecular complexity index is 702. The number of carbonyl (C=O) groups excluding carboxylic acids is 1. The third-order valence-electron chi connectivity index (χ3n) is 3.01. The summed E-state index contributed by atoms with van der Waals surface area (Å²) in [6, 6.07) is 7.61. The lowest BCUT2D eigenvalue weighted by atomic mass is 10.1. The highest BCUT2D eigenvalue weighted by Gasteiger charge is 2.16. The van der Waals surface area contributed by atoms with Crippen molar-refractivity contribution in [2.45, 2.75) is 13.8 Å². The Morgan fingerprint density at radius 3 is 2.79 bits per heavy atom. The van der Waals surface area contributed by atoms with E-state index in [4.69, 9.17) is 4.42 Å². The molecular weight excluding hydrogens is 242 g/mol. The molecule has 0 aliphatic rings. The van der Waals surface area contributed by atoms with E-state index in [0.717, 1.165) is 16.6 Å². The molecule has 2 N–H and O–H groups in total. The van der Waals surface area contributed by atoms with Gasteiger partial charge in [-0.2, -0.15) is 0 Å². The average molecular weight is 255 g/mol. The van der Waals surface area contributed by atoms with Crippen LogP contribution in [0.5, 0.6) is 0 Å². The number of nitrogens with one attached hydrogen (secondary N) is 2. The summed E-state index contributed by atoms with van der Waals surface area (Å²) in [5.41, 5.74) is 3.07. The summed E-state index contributed by atoms with van der Waals surface area (Å²) in [4.78, 5) is 19.5. The van der Waals surface area contributed by atoms with Gasteiger partial charge in [0.05, 0.1) is 22.9 Å². The summed E-state index contributed by atoms with van der Waals surface area (Å²) in [5.74, 6) is 0.820. The highest BCUT2D eigenvalue weighted by molar-refractivity contribution is 6.05. The Morgan fingerprint density at radius 2 is 2.11 bits per heavy atom. The van der Waals surface area contributed by atoms with Crippen LogP contribution in [0.15, 0.2) is 34.9 Å². The van der Waals surface area contributed by atoms with Crippen LogP contribution in [0.2, 0.25) is 0 Å². The number of furan rings is 1. The van der Waals surface area contributed by atoms with Gasteiger partial charge >= 0.3 is 0 Å². The third kappa shape index (κ3) is 1.99. The largest absolute Gasteiger partial charge is 0.469 e. The van der Waals surface area contributed by atoms with Crippen molar-refractivity contribution in [1.82, 2.24) is 9.97 Å². The zero-order chi connectivity index (χ0) is 13.4. The van der Waals surface area contributed by atoms with Crippen molar-refractivity contribution in [3.63, 3.8) is 0 Å². The minimum Gasteiger partial charge on any atom is -0.469 e. The molecule has 2 aromatic heterocycles. The molecule has 3 aromatic rings. The molecule has 0 aliphatic heterocycles. The van der Waals surface area contributed by atoms with Gasteiger partial charge in [0, 0.05) is 5.56 Å². The number of hydrogen-bond donors (Lipinski definition) is 2. The van der Waals surface area contributed by atoms with E-state index in [-0.39, 0.29) is 5.91 Å². The average Bonchev–Trinajstić information content (AvgIpc) is 2.92. The number of fused-ring (bicyclic) bond motifs is 1. The predicted octanol–water partition coefficient (Wildman–Crippen LogP) is 3.03. The maximum absolute atomic E-state index is 12.2. The number of carbonyl (C=O) groups is 1. The van der Waals surface area contributed by atoms with Gasteiger partial charge in [-0.25, -0.2) is 4.98 Å². The van der Waals surface area contributed by atoms with Crippen molar-refractivity contribution in [2.75, 3.05) is 5.32 Å². The van der Waals surface area contributed by atoms with Crippen molar-refractivity contribution in [2.24, 2.45) is 0 Å². The van der Waals surface area contributed by atoms with Crippen LogP contribution in [0.4, 0.5) is 5.95 Å². The van der Waals surface area contributed by atoms with Crippen LogP contribution in [0.1, 0.15) is 21.7 Å². The fourth-order valence-corrected chi connectivity index (χ4v) is 2.09. The Morgan fingerprint density at radius 1 is 1.32 bits per heavy atom. The molecule has 19 heavy (non-hydrogen) atoms. The molecule has 0 atom stereocenters. The standard InChI is InChI=1S/C14H13N3O2/c1-8-7-19-9(2)12(8)13(18)17-14-15-10-5-3-4-6-11(10)16-14/h3-7H,1-2H3,(H2,15,16,17,18). The number of imidazole rings is 1. The van der Waals surface area contributed by atoms with Gasteiger partial charge in [-0.05, 0) is 26.0 Å². The lowest BCUT2D eigenvalue weighted by Gasteiger charge is -2.01. The molecule has 2 heterocycles. The molecule has 1 amide bonds. The van der Waals surface area contributed by atoms with E-state index < -0.39 is 0 Å². The van der Waals surface area contributed by atoms with Gasteiger partial charge in [0.25, 0.3) is 5.91 Å². The molecule has 1 aromatic carbocycles. The van der Waals surface area contributed by atoms with E-state index >= 15 is 0 Å². The first-order valence-corrected chi connectivity index (χ1v) is 5.96. The van der Waals surface area contributed by atoms with Crippen LogP contribution in [0.3, 0.4) is 0 Å². The number of H-pyrrole nitrogens is 1. The van der Waals surface area contributed by atoms with Crippen molar-refractivity contribution < 1.29 is 9.21 Å². The third-order valence-corrected chi connectivity index (χ3v) is 3.01. The molecule has 96 valence electrons. The first-order chi connectivity index (χ1) is 9.15. The minimum atomic E-state index is -0.220. The molecule has 0 saturated heterocycles. The lowest BCUT2D eigenvalue weighted by molar-refractivity contribution is 0.102. The van der Waals surface area contributed by atoms with Crippen LogP contribution in [-0.4, -0.2) is 15.9 Å². The van der Waals surface area contributed by atoms with Crippen LogP contribution >= 0.6 is 0 Å². The first-order valence-electron chi connectivity index (χ1n) is 5.96. The van der Waals surface area contributed by atoms with Gasteiger partial charge in [0.2, 0.25) is 5.95 Å². The van der Waals surface area contributed by atoms with E-state index in [1.165, 1.54) is 0 Å². The number of amides is 1. The maximum atomic E-state index is 12.2. The molecule has 5 nitrogen and oxygen atoms in total. The second kappa shape index (κ2) is 4.28. The first kappa shape index (κ1) is 11.5. The van der Waals surface area contributed by atoms with Gasteiger partial charge in [-0.3, -0.25) is 10.1 Å². The van der Waals surface area contributed by atoms with E-state index in [9.17, 15) is 4.79 Å². The van der Waals surface area contributed by atoms with Crippen molar-refractivity contribution in [3.8, 4) is 0 Å². The topological polar surface area (TPSA) is 70.9 Å². The molecule has 5 heteroatoms. The van der Waals surface area contributed by atoms with Crippen LogP contribution in [0.25, 0.3) is 11.0 Å². The van der Waals surface area contributed by atoms with E-state index in [0.29, 0.717) is 17.3 Å². The van der Waals surface area contributed by atoms with Crippen LogP contribution in [0, 0.1) is 13.8 Å². The Hall–Kier alpha value is -2.56. The number of anilines is 1. The summed E-state index contributed by atoms with van der Waals surface area (Å²) in [6.45, 7) is 3.60. The monoisotopic (exact) mass is 255 g/mol. The number of benzene rings is 1. The Balaban J connectivity index is 1.91. The summed E-state index contributed by atoms with van der Waals surface area (Å²) in [6.07, 6.45) is 1.57. The van der Waals surface area contributed by atoms with E-state index in [2.05, 4.69) is 15.3 Å². The molecule has 0 fully saturated rings. The number of nitrogens with zero attached hydrogens (tertiary/aromatic N) is 1. The SMILES string of the molecule is Cc1coc(C)c1C(=O)Nc1nc2ccccc2[nH]1. The number of para-hydroxylation sites is 2.